The van der Waals surface area contributed by atoms with Gasteiger partial charge >= 0.3 is 0 Å². The van der Waals surface area contributed by atoms with Crippen molar-refractivity contribution >= 4 is 16.6 Å². The predicted molar refractivity (Wildman–Crippen MR) is 69.8 cm³/mol. The Bertz CT molecular complexity index is 787. The highest BCUT2D eigenvalue weighted by molar-refractivity contribution is 5.91. The molecule has 18 heavy (non-hydrogen) atoms. The zero-order valence-corrected chi connectivity index (χ0v) is 10.0. The maximum Gasteiger partial charge on any atom is 0.147 e. The highest BCUT2D eigenvalue weighted by Gasteiger charge is 2.40. The molecule has 0 amide bonds. The number of nitrogens with zero attached hydrogens (tertiary/aromatic N) is 3. The van der Waals surface area contributed by atoms with Gasteiger partial charge in [0.2, 0.25) is 0 Å². The normalized spacial score (nSPS) is 25.1. The molecule has 1 saturated carbocycles. The van der Waals surface area contributed by atoms with E-state index in [4.69, 9.17) is 4.98 Å². The van der Waals surface area contributed by atoms with E-state index < -0.39 is 0 Å². The number of imidazole rings is 1. The van der Waals surface area contributed by atoms with E-state index in [1.165, 1.54) is 36.0 Å². The van der Waals surface area contributed by atoms with Crippen LogP contribution in [0.3, 0.4) is 0 Å². The molecule has 0 N–H and O–H groups in total. The van der Waals surface area contributed by atoms with E-state index >= 15 is 0 Å². The van der Waals surface area contributed by atoms with Gasteiger partial charge < -0.3 is 0 Å². The van der Waals surface area contributed by atoms with Crippen molar-refractivity contribution < 1.29 is 0 Å². The molecule has 1 fully saturated rings. The third-order valence-electron chi connectivity index (χ3n) is 4.64. The monoisotopic (exact) mass is 235 g/mol. The number of hydrogen-bond acceptors (Lipinski definition) is 2. The maximum atomic E-state index is 4.93. The number of rotatable bonds is 0. The van der Waals surface area contributed by atoms with E-state index in [0.29, 0.717) is 5.92 Å². The van der Waals surface area contributed by atoms with E-state index in [1.54, 1.807) is 0 Å². The summed E-state index contributed by atoms with van der Waals surface area (Å²) in [4.78, 5) is 9.49. The molecule has 5 rings (SSSR count). The standard InChI is InChI=1S/C15H13N3/c1-2-4-12-11(3-1)15-17-13-9-5-6-10(7-9)14(13)18(15)8-16-12/h1-4,8-10H,5-7H2. The van der Waals surface area contributed by atoms with Crippen LogP contribution >= 0.6 is 0 Å². The summed E-state index contributed by atoms with van der Waals surface area (Å²) in [6.07, 6.45) is 5.93. The summed E-state index contributed by atoms with van der Waals surface area (Å²) >= 11 is 0. The van der Waals surface area contributed by atoms with Gasteiger partial charge in [-0.25, -0.2) is 9.97 Å². The maximum absolute atomic E-state index is 4.93. The largest absolute Gasteiger partial charge is 0.286 e. The van der Waals surface area contributed by atoms with Crippen LogP contribution in [0.25, 0.3) is 16.6 Å². The van der Waals surface area contributed by atoms with E-state index in [9.17, 15) is 0 Å². The SMILES string of the molecule is c1ccc2c(c1)ncn1c3c(nc21)C1CCC3C1. The van der Waals surface area contributed by atoms with Gasteiger partial charge in [0.05, 0.1) is 16.9 Å². The molecule has 0 radical (unpaired) electrons. The summed E-state index contributed by atoms with van der Waals surface area (Å²) in [6.45, 7) is 0. The van der Waals surface area contributed by atoms with E-state index in [1.807, 2.05) is 12.4 Å². The van der Waals surface area contributed by atoms with Crippen molar-refractivity contribution in [3.63, 3.8) is 0 Å². The lowest BCUT2D eigenvalue weighted by Gasteiger charge is -2.09. The van der Waals surface area contributed by atoms with Gasteiger partial charge in [-0.2, -0.15) is 0 Å². The second-order valence-corrected chi connectivity index (χ2v) is 5.54. The highest BCUT2D eigenvalue weighted by atomic mass is 15.1. The second-order valence-electron chi connectivity index (χ2n) is 5.54. The van der Waals surface area contributed by atoms with Crippen LogP contribution in [0.15, 0.2) is 30.6 Å². The molecule has 2 unspecified atom stereocenters. The van der Waals surface area contributed by atoms with Crippen molar-refractivity contribution in [3.8, 4) is 0 Å². The Hall–Kier alpha value is -1.90. The molecule has 1 aromatic carbocycles. The van der Waals surface area contributed by atoms with Crippen molar-refractivity contribution in [3.05, 3.63) is 42.0 Å². The first kappa shape index (κ1) is 9.09. The first-order chi connectivity index (χ1) is 8.92. The topological polar surface area (TPSA) is 30.2 Å². The average Bonchev–Trinajstić information content (AvgIpc) is 3.09. The smallest absolute Gasteiger partial charge is 0.147 e. The first-order valence-corrected chi connectivity index (χ1v) is 6.67. The van der Waals surface area contributed by atoms with Crippen LogP contribution < -0.4 is 0 Å². The lowest BCUT2D eigenvalue weighted by atomic mass is 10.0. The van der Waals surface area contributed by atoms with Crippen LogP contribution in [0.5, 0.6) is 0 Å². The lowest BCUT2D eigenvalue weighted by Crippen LogP contribution is -2.00. The van der Waals surface area contributed by atoms with Gasteiger partial charge in [0.1, 0.15) is 12.0 Å². The van der Waals surface area contributed by atoms with Crippen LogP contribution in [-0.2, 0) is 0 Å². The Kier molecular flexibility index (Phi) is 1.47. The molecule has 2 aliphatic rings. The minimum absolute atomic E-state index is 0.712. The minimum Gasteiger partial charge on any atom is -0.286 e. The van der Waals surface area contributed by atoms with Gasteiger partial charge in [0, 0.05) is 17.2 Å². The number of para-hydroxylation sites is 1. The Morgan fingerprint density at radius 2 is 2.00 bits per heavy atom. The van der Waals surface area contributed by atoms with Crippen LogP contribution in [0, 0.1) is 0 Å². The summed E-state index contributed by atoms with van der Waals surface area (Å²) in [5.74, 6) is 1.44. The molecular formula is C15H13N3. The second kappa shape index (κ2) is 2.91. The molecule has 88 valence electrons. The summed E-state index contributed by atoms with van der Waals surface area (Å²) < 4.78 is 2.24. The quantitative estimate of drug-likeness (QED) is 0.598. The predicted octanol–water partition coefficient (Wildman–Crippen LogP) is 3.25. The van der Waals surface area contributed by atoms with Gasteiger partial charge in [-0.05, 0) is 31.4 Å². The Morgan fingerprint density at radius 3 is 3.00 bits per heavy atom. The van der Waals surface area contributed by atoms with Crippen molar-refractivity contribution in [1.82, 2.24) is 14.4 Å². The lowest BCUT2D eigenvalue weighted by molar-refractivity contribution is 0.688. The van der Waals surface area contributed by atoms with Gasteiger partial charge in [0.15, 0.2) is 0 Å². The van der Waals surface area contributed by atoms with Crippen LogP contribution in [-0.4, -0.2) is 14.4 Å². The Labute approximate surface area is 104 Å². The zero-order valence-electron chi connectivity index (χ0n) is 10.0. The molecule has 0 saturated heterocycles. The molecule has 2 atom stereocenters. The molecule has 3 aromatic rings. The summed E-state index contributed by atoms with van der Waals surface area (Å²) in [6, 6.07) is 8.29. The molecule has 3 nitrogen and oxygen atoms in total. The molecular weight excluding hydrogens is 222 g/mol. The number of benzene rings is 1. The van der Waals surface area contributed by atoms with Crippen LogP contribution in [0.1, 0.15) is 42.5 Å². The van der Waals surface area contributed by atoms with Crippen molar-refractivity contribution in [2.75, 3.05) is 0 Å². The van der Waals surface area contributed by atoms with Crippen molar-refractivity contribution in [2.45, 2.75) is 31.1 Å². The third-order valence-corrected chi connectivity index (χ3v) is 4.64. The van der Waals surface area contributed by atoms with E-state index in [-0.39, 0.29) is 0 Å². The first-order valence-electron chi connectivity index (χ1n) is 6.67. The average molecular weight is 235 g/mol. The van der Waals surface area contributed by atoms with Gasteiger partial charge in [-0.15, -0.1) is 0 Å². The summed E-state index contributed by atoms with van der Waals surface area (Å²) in [7, 11) is 0. The summed E-state index contributed by atoms with van der Waals surface area (Å²) in [5.41, 5.74) is 4.94. The molecule has 3 heteroatoms. The number of fused-ring (bicyclic) bond motifs is 9. The molecule has 2 bridgehead atoms. The molecule has 0 aliphatic heterocycles. The fourth-order valence-corrected chi connectivity index (χ4v) is 3.85. The summed E-state index contributed by atoms with van der Waals surface area (Å²) in [5, 5.41) is 1.17. The Morgan fingerprint density at radius 1 is 1.11 bits per heavy atom. The van der Waals surface area contributed by atoms with Crippen molar-refractivity contribution in [1.29, 1.82) is 0 Å². The van der Waals surface area contributed by atoms with Gasteiger partial charge in [-0.1, -0.05) is 12.1 Å². The number of aromatic nitrogens is 3. The van der Waals surface area contributed by atoms with Gasteiger partial charge in [0.25, 0.3) is 0 Å². The minimum atomic E-state index is 0.712. The highest BCUT2D eigenvalue weighted by Crippen LogP contribution is 2.52. The molecule has 0 spiro atoms. The third kappa shape index (κ3) is 0.927. The Balaban J connectivity index is 1.97. The van der Waals surface area contributed by atoms with Crippen molar-refractivity contribution in [2.24, 2.45) is 0 Å². The zero-order chi connectivity index (χ0) is 11.7. The molecule has 2 heterocycles. The van der Waals surface area contributed by atoms with Gasteiger partial charge in [-0.3, -0.25) is 4.40 Å². The van der Waals surface area contributed by atoms with E-state index in [2.05, 4.69) is 27.6 Å². The molecule has 2 aliphatic carbocycles. The number of hydrogen-bond donors (Lipinski definition) is 0. The van der Waals surface area contributed by atoms with Crippen LogP contribution in [0.4, 0.5) is 0 Å². The fourth-order valence-electron chi connectivity index (χ4n) is 3.85. The van der Waals surface area contributed by atoms with E-state index in [0.717, 1.165) is 17.1 Å². The van der Waals surface area contributed by atoms with Crippen LogP contribution in [0.2, 0.25) is 0 Å². The fraction of sp³-hybridized carbons (Fsp3) is 0.333. The molecule has 2 aromatic heterocycles.